The number of carbonyl (C=O) groups is 1. The van der Waals surface area contributed by atoms with Gasteiger partial charge in [0.05, 0.1) is 0 Å². The van der Waals surface area contributed by atoms with Crippen LogP contribution in [0.1, 0.15) is 27.8 Å². The zero-order chi connectivity index (χ0) is 15.1. The van der Waals surface area contributed by atoms with E-state index in [1.54, 1.807) is 18.4 Å². The van der Waals surface area contributed by atoms with E-state index in [0.29, 0.717) is 13.0 Å². The maximum absolute atomic E-state index is 11.9. The lowest BCUT2D eigenvalue weighted by atomic mass is 10.1. The second kappa shape index (κ2) is 7.96. The van der Waals surface area contributed by atoms with Gasteiger partial charge in [-0.25, -0.2) is 0 Å². The van der Waals surface area contributed by atoms with E-state index in [-0.39, 0.29) is 12.0 Å². The summed E-state index contributed by atoms with van der Waals surface area (Å²) in [5.74, 6) is 0.0641. The molecule has 0 fully saturated rings. The van der Waals surface area contributed by atoms with Gasteiger partial charge in [-0.3, -0.25) is 4.79 Å². The molecule has 0 radical (unpaired) electrons. The molecule has 0 bridgehead atoms. The molecule has 1 aromatic carbocycles. The predicted molar refractivity (Wildman–Crippen MR) is 86.6 cm³/mol. The average molecular weight is 303 g/mol. The molecule has 0 saturated carbocycles. The minimum absolute atomic E-state index is 0.0641. The molecule has 0 aliphatic carbocycles. The molecule has 2 aromatic rings. The Morgan fingerprint density at radius 1 is 1.24 bits per heavy atom. The van der Waals surface area contributed by atoms with Gasteiger partial charge in [0.1, 0.15) is 6.10 Å². The van der Waals surface area contributed by atoms with Gasteiger partial charge in [0.25, 0.3) is 0 Å². The average Bonchev–Trinajstić information content (AvgIpc) is 2.93. The van der Waals surface area contributed by atoms with E-state index in [1.165, 1.54) is 10.4 Å². The third-order valence-electron chi connectivity index (χ3n) is 3.33. The summed E-state index contributed by atoms with van der Waals surface area (Å²) in [7, 11) is 1.68. The third kappa shape index (κ3) is 4.99. The molecule has 0 spiro atoms. The lowest BCUT2D eigenvalue weighted by Gasteiger charge is -2.14. The van der Waals surface area contributed by atoms with Crippen molar-refractivity contribution in [2.24, 2.45) is 0 Å². The molecule has 1 N–H and O–H groups in total. The fourth-order valence-electron chi connectivity index (χ4n) is 2.12. The van der Waals surface area contributed by atoms with Crippen LogP contribution >= 0.6 is 11.3 Å². The van der Waals surface area contributed by atoms with Crippen molar-refractivity contribution in [3.05, 3.63) is 57.8 Å². The summed E-state index contributed by atoms with van der Waals surface area (Å²) in [5, 5.41) is 2.95. The molecule has 0 aliphatic rings. The van der Waals surface area contributed by atoms with Crippen molar-refractivity contribution < 1.29 is 9.53 Å². The topological polar surface area (TPSA) is 38.3 Å². The van der Waals surface area contributed by atoms with Gasteiger partial charge in [-0.15, -0.1) is 11.3 Å². The maximum atomic E-state index is 11.9. The van der Waals surface area contributed by atoms with Crippen LogP contribution < -0.4 is 5.32 Å². The Labute approximate surface area is 130 Å². The number of hydrogen-bond donors (Lipinski definition) is 1. The van der Waals surface area contributed by atoms with Gasteiger partial charge in [0.15, 0.2) is 0 Å². The van der Waals surface area contributed by atoms with Gasteiger partial charge in [0.2, 0.25) is 5.91 Å². The van der Waals surface area contributed by atoms with Crippen LogP contribution in [0.3, 0.4) is 0 Å². The minimum Gasteiger partial charge on any atom is -0.374 e. The van der Waals surface area contributed by atoms with Crippen molar-refractivity contribution in [2.75, 3.05) is 13.7 Å². The van der Waals surface area contributed by atoms with Crippen LogP contribution in [0.15, 0.2) is 42.5 Å². The highest BCUT2D eigenvalue weighted by Gasteiger charge is 2.13. The molecule has 0 saturated heterocycles. The molecular weight excluding hydrogens is 282 g/mol. The third-order valence-corrected chi connectivity index (χ3v) is 4.42. The van der Waals surface area contributed by atoms with E-state index >= 15 is 0 Å². The second-order valence-corrected chi connectivity index (χ2v) is 6.28. The van der Waals surface area contributed by atoms with Crippen LogP contribution in [-0.4, -0.2) is 19.6 Å². The zero-order valence-corrected chi connectivity index (χ0v) is 13.3. The molecule has 4 heteroatoms. The summed E-state index contributed by atoms with van der Waals surface area (Å²) >= 11 is 1.71. The molecule has 112 valence electrons. The van der Waals surface area contributed by atoms with Gasteiger partial charge in [0, 0.05) is 29.8 Å². The van der Waals surface area contributed by atoms with E-state index in [4.69, 9.17) is 4.74 Å². The Morgan fingerprint density at radius 3 is 2.62 bits per heavy atom. The molecule has 21 heavy (non-hydrogen) atoms. The highest BCUT2D eigenvalue weighted by atomic mass is 32.1. The molecule has 1 atom stereocenters. The normalized spacial score (nSPS) is 12.1. The number of methoxy groups -OCH3 is 1. The predicted octanol–water partition coefficient (Wildman–Crippen LogP) is 3.49. The Morgan fingerprint density at radius 2 is 2.00 bits per heavy atom. The molecule has 2 rings (SSSR count). The molecular formula is C17H21NO2S. The molecule has 1 amide bonds. The number of rotatable bonds is 7. The van der Waals surface area contributed by atoms with Gasteiger partial charge in [-0.1, -0.05) is 30.3 Å². The van der Waals surface area contributed by atoms with Gasteiger partial charge < -0.3 is 10.1 Å². The van der Waals surface area contributed by atoms with Gasteiger partial charge in [-0.2, -0.15) is 0 Å². The fraction of sp³-hybridized carbons (Fsp3) is 0.353. The minimum atomic E-state index is -0.0654. The van der Waals surface area contributed by atoms with Gasteiger partial charge >= 0.3 is 0 Å². The first-order chi connectivity index (χ1) is 10.2. The van der Waals surface area contributed by atoms with Crippen LogP contribution in [0.4, 0.5) is 0 Å². The monoisotopic (exact) mass is 303 g/mol. The van der Waals surface area contributed by atoms with E-state index in [9.17, 15) is 4.79 Å². The standard InChI is InChI=1S/C17H21NO2S/c1-13-8-10-16(21-13)15(20-2)12-18-17(19)11-9-14-6-4-3-5-7-14/h3-8,10,15H,9,11-12H2,1-2H3,(H,18,19)/t15-/m0/s1. The SMILES string of the molecule is CO[C@@H](CNC(=O)CCc1ccccc1)c1ccc(C)s1. The van der Waals surface area contributed by atoms with Crippen molar-refractivity contribution in [3.63, 3.8) is 0 Å². The van der Waals surface area contributed by atoms with Crippen molar-refractivity contribution in [3.8, 4) is 0 Å². The summed E-state index contributed by atoms with van der Waals surface area (Å²) in [6.45, 7) is 2.59. The number of aryl methyl sites for hydroxylation is 2. The number of carbonyl (C=O) groups excluding carboxylic acids is 1. The van der Waals surface area contributed by atoms with E-state index in [0.717, 1.165) is 11.3 Å². The van der Waals surface area contributed by atoms with Crippen LogP contribution in [0.2, 0.25) is 0 Å². The Bertz CT molecular complexity index is 565. The number of hydrogen-bond acceptors (Lipinski definition) is 3. The summed E-state index contributed by atoms with van der Waals surface area (Å²) in [4.78, 5) is 14.3. The smallest absolute Gasteiger partial charge is 0.220 e. The van der Waals surface area contributed by atoms with Gasteiger partial charge in [-0.05, 0) is 31.0 Å². The van der Waals surface area contributed by atoms with Crippen molar-refractivity contribution in [1.29, 1.82) is 0 Å². The Kier molecular flexibility index (Phi) is 5.96. The molecule has 0 aliphatic heterocycles. The highest BCUT2D eigenvalue weighted by molar-refractivity contribution is 7.12. The Balaban J connectivity index is 1.77. The van der Waals surface area contributed by atoms with E-state index < -0.39 is 0 Å². The van der Waals surface area contributed by atoms with Crippen molar-refractivity contribution in [1.82, 2.24) is 5.32 Å². The van der Waals surface area contributed by atoms with Crippen LogP contribution in [0, 0.1) is 6.92 Å². The second-order valence-electron chi connectivity index (χ2n) is 4.96. The first-order valence-corrected chi connectivity index (χ1v) is 7.90. The number of benzene rings is 1. The molecule has 1 heterocycles. The van der Waals surface area contributed by atoms with Crippen LogP contribution in [0.25, 0.3) is 0 Å². The highest BCUT2D eigenvalue weighted by Crippen LogP contribution is 2.24. The Hall–Kier alpha value is -1.65. The summed E-state index contributed by atoms with van der Waals surface area (Å²) in [6, 6.07) is 14.2. The number of ether oxygens (including phenoxy) is 1. The largest absolute Gasteiger partial charge is 0.374 e. The molecule has 1 aromatic heterocycles. The number of thiophene rings is 1. The summed E-state index contributed by atoms with van der Waals surface area (Å²) in [5.41, 5.74) is 1.19. The fourth-order valence-corrected chi connectivity index (χ4v) is 3.08. The van der Waals surface area contributed by atoms with Crippen LogP contribution in [0.5, 0.6) is 0 Å². The molecule has 0 unspecified atom stereocenters. The molecule has 3 nitrogen and oxygen atoms in total. The van der Waals surface area contributed by atoms with E-state index in [2.05, 4.69) is 24.4 Å². The maximum Gasteiger partial charge on any atom is 0.220 e. The zero-order valence-electron chi connectivity index (χ0n) is 12.5. The first-order valence-electron chi connectivity index (χ1n) is 7.09. The summed E-state index contributed by atoms with van der Waals surface area (Å²) in [6.07, 6.45) is 1.20. The first kappa shape index (κ1) is 15.7. The lowest BCUT2D eigenvalue weighted by Crippen LogP contribution is -2.29. The lowest BCUT2D eigenvalue weighted by molar-refractivity contribution is -0.121. The number of nitrogens with one attached hydrogen (secondary N) is 1. The van der Waals surface area contributed by atoms with E-state index in [1.807, 2.05) is 30.3 Å². The quantitative estimate of drug-likeness (QED) is 0.850. The van der Waals surface area contributed by atoms with Crippen molar-refractivity contribution >= 4 is 17.2 Å². The summed E-state index contributed by atoms with van der Waals surface area (Å²) < 4.78 is 5.46. The van der Waals surface area contributed by atoms with Crippen molar-refractivity contribution in [2.45, 2.75) is 25.9 Å². The van der Waals surface area contributed by atoms with Crippen LogP contribution in [-0.2, 0) is 16.0 Å². The number of amides is 1.